The summed E-state index contributed by atoms with van der Waals surface area (Å²) in [5.41, 5.74) is 3.80. The highest BCUT2D eigenvalue weighted by molar-refractivity contribution is 6.23. The van der Waals surface area contributed by atoms with Gasteiger partial charge in [0.1, 0.15) is 6.04 Å². The number of hydrogen-bond donors (Lipinski definition) is 1. The molecule has 33 heavy (non-hydrogen) atoms. The molecular formula is C24H25N3O6. The summed E-state index contributed by atoms with van der Waals surface area (Å²) >= 11 is 0. The molecule has 1 heterocycles. The molecule has 1 fully saturated rings. The minimum absolute atomic E-state index is 0.0161. The number of carbonyl (C=O) groups is 5. The van der Waals surface area contributed by atoms with Crippen molar-refractivity contribution in [2.45, 2.75) is 39.2 Å². The lowest BCUT2D eigenvalue weighted by atomic mass is 10.1. The minimum atomic E-state index is -1.16. The van der Waals surface area contributed by atoms with Crippen molar-refractivity contribution in [1.82, 2.24) is 10.4 Å². The molecular weight excluding hydrogens is 426 g/mol. The van der Waals surface area contributed by atoms with Gasteiger partial charge < -0.3 is 4.74 Å². The number of amides is 4. The van der Waals surface area contributed by atoms with Crippen LogP contribution < -0.4 is 10.3 Å². The van der Waals surface area contributed by atoms with Gasteiger partial charge in [0.05, 0.1) is 30.7 Å². The number of hydrogen-bond acceptors (Lipinski definition) is 6. The van der Waals surface area contributed by atoms with Crippen molar-refractivity contribution in [2.75, 3.05) is 11.5 Å². The van der Waals surface area contributed by atoms with Gasteiger partial charge in [-0.25, -0.2) is 14.7 Å². The van der Waals surface area contributed by atoms with Gasteiger partial charge in [0.2, 0.25) is 17.7 Å². The van der Waals surface area contributed by atoms with Gasteiger partial charge in [-0.2, -0.15) is 0 Å². The standard InChI is InChI=1S/C24H25N3O6/c1-3-21(29)27(25-20(28)14-16-8-6-5-7-9-16)19-15-22(30)26(23(19)31)18-12-10-17(11-13-18)24(32)33-4-2/h5-13,19H,3-4,14-15H2,1-2H3,(H,25,28). The lowest BCUT2D eigenvalue weighted by Gasteiger charge is -2.27. The first-order chi connectivity index (χ1) is 15.8. The number of nitrogens with zero attached hydrogens (tertiary/aromatic N) is 2. The summed E-state index contributed by atoms with van der Waals surface area (Å²) in [5.74, 6) is -2.62. The third-order valence-electron chi connectivity index (χ3n) is 5.09. The van der Waals surface area contributed by atoms with Crippen LogP contribution in [0.1, 0.15) is 42.6 Å². The Morgan fingerprint density at radius 1 is 1.03 bits per heavy atom. The second-order valence-electron chi connectivity index (χ2n) is 7.37. The summed E-state index contributed by atoms with van der Waals surface area (Å²) in [6, 6.07) is 13.6. The molecule has 1 aliphatic heterocycles. The molecule has 1 unspecified atom stereocenters. The van der Waals surface area contributed by atoms with Crippen molar-refractivity contribution in [1.29, 1.82) is 0 Å². The van der Waals surface area contributed by atoms with Crippen molar-refractivity contribution >= 4 is 35.3 Å². The van der Waals surface area contributed by atoms with Crippen LogP contribution in [0.4, 0.5) is 5.69 Å². The van der Waals surface area contributed by atoms with E-state index < -0.39 is 35.6 Å². The molecule has 4 amide bonds. The second-order valence-corrected chi connectivity index (χ2v) is 7.37. The zero-order chi connectivity index (χ0) is 24.0. The minimum Gasteiger partial charge on any atom is -0.462 e. The fourth-order valence-electron chi connectivity index (χ4n) is 3.49. The number of anilines is 1. The van der Waals surface area contributed by atoms with E-state index in [0.29, 0.717) is 0 Å². The molecule has 0 bridgehead atoms. The summed E-state index contributed by atoms with van der Waals surface area (Å²) in [4.78, 5) is 63.6. The Morgan fingerprint density at radius 3 is 2.30 bits per heavy atom. The van der Waals surface area contributed by atoms with Gasteiger partial charge in [0, 0.05) is 6.42 Å². The summed E-state index contributed by atoms with van der Waals surface area (Å²) in [6.07, 6.45) is -0.212. The number of rotatable bonds is 7. The molecule has 2 aromatic carbocycles. The predicted molar refractivity (Wildman–Crippen MR) is 119 cm³/mol. The van der Waals surface area contributed by atoms with E-state index in [0.717, 1.165) is 15.5 Å². The van der Waals surface area contributed by atoms with Crippen molar-refractivity contribution in [3.05, 3.63) is 65.7 Å². The van der Waals surface area contributed by atoms with E-state index in [1.54, 1.807) is 38.1 Å². The topological polar surface area (TPSA) is 113 Å². The number of carbonyl (C=O) groups excluding carboxylic acids is 5. The van der Waals surface area contributed by atoms with E-state index in [9.17, 15) is 24.0 Å². The van der Waals surface area contributed by atoms with E-state index in [-0.39, 0.29) is 37.1 Å². The van der Waals surface area contributed by atoms with Crippen LogP contribution in [0.5, 0.6) is 0 Å². The summed E-state index contributed by atoms with van der Waals surface area (Å²) in [5, 5.41) is 0.957. The molecule has 1 saturated heterocycles. The molecule has 0 spiro atoms. The Bertz CT molecular complexity index is 1050. The van der Waals surface area contributed by atoms with Crippen molar-refractivity contribution in [3.63, 3.8) is 0 Å². The lowest BCUT2D eigenvalue weighted by molar-refractivity contribution is -0.147. The molecule has 9 heteroatoms. The van der Waals surface area contributed by atoms with Crippen LogP contribution in [-0.2, 0) is 30.3 Å². The summed E-state index contributed by atoms with van der Waals surface area (Å²) in [6.45, 7) is 3.52. The molecule has 0 aliphatic carbocycles. The van der Waals surface area contributed by atoms with Gasteiger partial charge in [-0.15, -0.1) is 0 Å². The maximum Gasteiger partial charge on any atom is 0.338 e. The molecule has 1 N–H and O–H groups in total. The number of imide groups is 1. The predicted octanol–water partition coefficient (Wildman–Crippen LogP) is 2.01. The van der Waals surface area contributed by atoms with E-state index in [2.05, 4.69) is 5.43 Å². The average molecular weight is 451 g/mol. The van der Waals surface area contributed by atoms with Crippen LogP contribution in [0.25, 0.3) is 0 Å². The van der Waals surface area contributed by atoms with Gasteiger partial charge in [0.15, 0.2) is 0 Å². The first-order valence-electron chi connectivity index (χ1n) is 10.6. The Labute approximate surface area is 191 Å². The Hall–Kier alpha value is -4.01. The lowest BCUT2D eigenvalue weighted by Crippen LogP contribution is -2.54. The largest absolute Gasteiger partial charge is 0.462 e. The smallest absolute Gasteiger partial charge is 0.338 e. The molecule has 0 aromatic heterocycles. The van der Waals surface area contributed by atoms with Crippen LogP contribution in [0.2, 0.25) is 0 Å². The molecule has 0 radical (unpaired) electrons. The molecule has 9 nitrogen and oxygen atoms in total. The normalized spacial score (nSPS) is 15.3. The van der Waals surface area contributed by atoms with Gasteiger partial charge in [-0.3, -0.25) is 24.6 Å². The third-order valence-corrected chi connectivity index (χ3v) is 5.09. The van der Waals surface area contributed by atoms with Gasteiger partial charge >= 0.3 is 5.97 Å². The number of nitrogens with one attached hydrogen (secondary N) is 1. The molecule has 3 rings (SSSR count). The van der Waals surface area contributed by atoms with E-state index in [1.165, 1.54) is 24.3 Å². The molecule has 1 atom stereocenters. The Balaban J connectivity index is 1.77. The van der Waals surface area contributed by atoms with Crippen LogP contribution in [0.3, 0.4) is 0 Å². The second kappa shape index (κ2) is 10.5. The molecule has 2 aromatic rings. The van der Waals surface area contributed by atoms with Gasteiger partial charge in [-0.05, 0) is 36.8 Å². The summed E-state index contributed by atoms with van der Waals surface area (Å²) < 4.78 is 4.93. The van der Waals surface area contributed by atoms with Crippen molar-refractivity contribution in [3.8, 4) is 0 Å². The highest BCUT2D eigenvalue weighted by Crippen LogP contribution is 2.26. The number of hydrazine groups is 1. The number of benzene rings is 2. The van der Waals surface area contributed by atoms with E-state index in [1.807, 2.05) is 6.07 Å². The van der Waals surface area contributed by atoms with Crippen LogP contribution >= 0.6 is 0 Å². The molecule has 0 saturated carbocycles. The molecule has 1 aliphatic rings. The zero-order valence-corrected chi connectivity index (χ0v) is 18.4. The van der Waals surface area contributed by atoms with Crippen LogP contribution in [0.15, 0.2) is 54.6 Å². The van der Waals surface area contributed by atoms with Crippen molar-refractivity contribution < 1.29 is 28.7 Å². The third kappa shape index (κ3) is 5.43. The SMILES string of the molecule is CCOC(=O)c1ccc(N2C(=O)CC(N(NC(=O)Cc3ccccc3)C(=O)CC)C2=O)cc1. The quantitative estimate of drug-likeness (QED) is 0.391. The van der Waals surface area contributed by atoms with Gasteiger partial charge in [0.25, 0.3) is 5.91 Å². The maximum absolute atomic E-state index is 13.1. The Kier molecular flexibility index (Phi) is 7.55. The monoisotopic (exact) mass is 451 g/mol. The van der Waals surface area contributed by atoms with Crippen LogP contribution in [-0.4, -0.2) is 47.3 Å². The maximum atomic E-state index is 13.1. The zero-order valence-electron chi connectivity index (χ0n) is 18.4. The van der Waals surface area contributed by atoms with Crippen molar-refractivity contribution in [2.24, 2.45) is 0 Å². The first-order valence-corrected chi connectivity index (χ1v) is 10.6. The average Bonchev–Trinajstić information content (AvgIpc) is 3.11. The number of ether oxygens (including phenoxy) is 1. The molecule has 172 valence electrons. The van der Waals surface area contributed by atoms with E-state index >= 15 is 0 Å². The van der Waals surface area contributed by atoms with Gasteiger partial charge in [-0.1, -0.05) is 37.3 Å². The van der Waals surface area contributed by atoms with Crippen LogP contribution in [0, 0.1) is 0 Å². The Morgan fingerprint density at radius 2 is 1.70 bits per heavy atom. The fraction of sp³-hybridized carbons (Fsp3) is 0.292. The number of esters is 1. The van der Waals surface area contributed by atoms with E-state index in [4.69, 9.17) is 4.74 Å². The summed E-state index contributed by atoms with van der Waals surface area (Å²) in [7, 11) is 0. The first kappa shape index (κ1) is 23.6. The highest BCUT2D eigenvalue weighted by atomic mass is 16.5. The fourth-order valence-corrected chi connectivity index (χ4v) is 3.49. The highest BCUT2D eigenvalue weighted by Gasteiger charge is 2.45.